The Morgan fingerprint density at radius 2 is 1.70 bits per heavy atom. The van der Waals surface area contributed by atoms with Crippen LogP contribution in [0.25, 0.3) is 0 Å². The Kier molecular flexibility index (Phi) is 5.99. The monoisotopic (exact) mass is 391 g/mol. The molecule has 0 aromatic rings. The number of nitrogens with zero attached hydrogens (tertiary/aromatic N) is 2. The van der Waals surface area contributed by atoms with Crippen LogP contribution in [-0.4, -0.2) is 30.0 Å². The maximum atomic E-state index is 6.20. The largest absolute Gasteiger partial charge is 0.370 e. The molecule has 2 saturated carbocycles. The van der Waals surface area contributed by atoms with Crippen molar-refractivity contribution < 1.29 is 0 Å². The van der Waals surface area contributed by atoms with Crippen LogP contribution in [0.5, 0.6) is 0 Å². The van der Waals surface area contributed by atoms with Crippen LogP contribution in [0, 0.1) is 17.8 Å². The molecule has 2 unspecified atom stereocenters. The zero-order valence-electron chi connectivity index (χ0n) is 12.8. The molecule has 0 amide bonds. The van der Waals surface area contributed by atoms with Crippen molar-refractivity contribution in [3.8, 4) is 0 Å². The Labute approximate surface area is 140 Å². The van der Waals surface area contributed by atoms with Crippen LogP contribution in [0.1, 0.15) is 58.3 Å². The SMILES string of the molecule is CC1CCN(C(N)=NC2CC2C2CCCCC2)CC1.I. The third-order valence-corrected chi connectivity index (χ3v) is 5.47. The fraction of sp³-hybridized carbons (Fsp3) is 0.938. The molecule has 1 aliphatic heterocycles. The fourth-order valence-electron chi connectivity index (χ4n) is 3.91. The van der Waals surface area contributed by atoms with Crippen LogP contribution in [0.3, 0.4) is 0 Å². The normalized spacial score (nSPS) is 32.9. The lowest BCUT2D eigenvalue weighted by Crippen LogP contribution is -2.42. The lowest BCUT2D eigenvalue weighted by Gasteiger charge is -2.31. The summed E-state index contributed by atoms with van der Waals surface area (Å²) in [4.78, 5) is 7.12. The van der Waals surface area contributed by atoms with E-state index >= 15 is 0 Å². The van der Waals surface area contributed by atoms with Crippen molar-refractivity contribution in [2.45, 2.75) is 64.3 Å². The van der Waals surface area contributed by atoms with E-state index in [4.69, 9.17) is 10.7 Å². The molecule has 116 valence electrons. The summed E-state index contributed by atoms with van der Waals surface area (Å²) in [6.45, 7) is 4.55. The van der Waals surface area contributed by atoms with E-state index in [-0.39, 0.29) is 24.0 Å². The summed E-state index contributed by atoms with van der Waals surface area (Å²) in [5.41, 5.74) is 6.20. The number of aliphatic imine (C=N–C) groups is 1. The maximum Gasteiger partial charge on any atom is 0.191 e. The van der Waals surface area contributed by atoms with Gasteiger partial charge in [-0.05, 0) is 37.0 Å². The van der Waals surface area contributed by atoms with Gasteiger partial charge in [0.25, 0.3) is 0 Å². The molecule has 0 aromatic carbocycles. The lowest BCUT2D eigenvalue weighted by atomic mass is 9.85. The molecule has 0 spiro atoms. The third-order valence-electron chi connectivity index (χ3n) is 5.47. The smallest absolute Gasteiger partial charge is 0.191 e. The first-order chi connectivity index (χ1) is 9.24. The number of piperidine rings is 1. The van der Waals surface area contributed by atoms with Crippen LogP contribution < -0.4 is 5.73 Å². The maximum absolute atomic E-state index is 6.20. The molecular formula is C16H30IN3. The number of nitrogens with two attached hydrogens (primary N) is 1. The molecule has 2 atom stereocenters. The fourth-order valence-corrected chi connectivity index (χ4v) is 3.91. The van der Waals surface area contributed by atoms with E-state index in [1.54, 1.807) is 0 Å². The number of guanidine groups is 1. The summed E-state index contributed by atoms with van der Waals surface area (Å²) in [7, 11) is 0. The lowest BCUT2D eigenvalue weighted by molar-refractivity contribution is 0.277. The Hall–Kier alpha value is 0. The number of hydrogen-bond donors (Lipinski definition) is 1. The zero-order valence-corrected chi connectivity index (χ0v) is 15.1. The number of likely N-dealkylation sites (tertiary alicyclic amines) is 1. The second-order valence-corrected chi connectivity index (χ2v) is 7.02. The average molecular weight is 391 g/mol. The highest BCUT2D eigenvalue weighted by molar-refractivity contribution is 14.0. The molecule has 1 heterocycles. The summed E-state index contributed by atoms with van der Waals surface area (Å²) in [5, 5.41) is 0. The van der Waals surface area contributed by atoms with Gasteiger partial charge in [-0.1, -0.05) is 39.0 Å². The molecule has 0 aromatic heterocycles. The van der Waals surface area contributed by atoms with Crippen LogP contribution in [-0.2, 0) is 0 Å². The van der Waals surface area contributed by atoms with E-state index in [0.29, 0.717) is 6.04 Å². The molecular weight excluding hydrogens is 361 g/mol. The predicted octanol–water partition coefficient (Wildman–Crippen LogP) is 3.62. The van der Waals surface area contributed by atoms with Gasteiger partial charge < -0.3 is 10.6 Å². The van der Waals surface area contributed by atoms with Gasteiger partial charge in [-0.25, -0.2) is 4.99 Å². The Morgan fingerprint density at radius 1 is 1.05 bits per heavy atom. The molecule has 3 nitrogen and oxygen atoms in total. The van der Waals surface area contributed by atoms with Gasteiger partial charge in [0, 0.05) is 13.1 Å². The Balaban J connectivity index is 0.00000147. The van der Waals surface area contributed by atoms with E-state index in [0.717, 1.165) is 36.8 Å². The van der Waals surface area contributed by atoms with Crippen molar-refractivity contribution in [1.29, 1.82) is 0 Å². The minimum atomic E-state index is 0. The van der Waals surface area contributed by atoms with Crippen molar-refractivity contribution in [2.75, 3.05) is 13.1 Å². The Bertz CT molecular complexity index is 331. The molecule has 2 aliphatic carbocycles. The van der Waals surface area contributed by atoms with Gasteiger partial charge in [-0.3, -0.25) is 0 Å². The quantitative estimate of drug-likeness (QED) is 0.444. The van der Waals surface area contributed by atoms with Gasteiger partial charge in [-0.15, -0.1) is 24.0 Å². The standard InChI is InChI=1S/C16H29N3.HI/c1-12-7-9-19(10-8-12)16(17)18-15-11-14(15)13-5-3-2-4-6-13;/h12-15H,2-11H2,1H3,(H2,17,18);1H. The van der Waals surface area contributed by atoms with E-state index in [9.17, 15) is 0 Å². The molecule has 1 saturated heterocycles. The highest BCUT2D eigenvalue weighted by Gasteiger charge is 2.43. The number of halogens is 1. The van der Waals surface area contributed by atoms with Crippen LogP contribution in [0.2, 0.25) is 0 Å². The van der Waals surface area contributed by atoms with Crippen molar-refractivity contribution in [1.82, 2.24) is 4.90 Å². The van der Waals surface area contributed by atoms with Gasteiger partial charge in [0.2, 0.25) is 0 Å². The van der Waals surface area contributed by atoms with Crippen molar-refractivity contribution in [3.63, 3.8) is 0 Å². The molecule has 0 radical (unpaired) electrons. The predicted molar refractivity (Wildman–Crippen MR) is 95.5 cm³/mol. The molecule has 4 heteroatoms. The first kappa shape index (κ1) is 16.4. The molecule has 0 bridgehead atoms. The van der Waals surface area contributed by atoms with Gasteiger partial charge in [0.15, 0.2) is 5.96 Å². The van der Waals surface area contributed by atoms with Crippen molar-refractivity contribution in [3.05, 3.63) is 0 Å². The molecule has 3 fully saturated rings. The van der Waals surface area contributed by atoms with E-state index in [1.807, 2.05) is 0 Å². The highest BCUT2D eigenvalue weighted by atomic mass is 127. The minimum Gasteiger partial charge on any atom is -0.370 e. The average Bonchev–Trinajstić information content (AvgIpc) is 3.20. The van der Waals surface area contributed by atoms with Gasteiger partial charge in [0.1, 0.15) is 0 Å². The van der Waals surface area contributed by atoms with Crippen LogP contribution >= 0.6 is 24.0 Å². The summed E-state index contributed by atoms with van der Waals surface area (Å²) in [6, 6.07) is 0.558. The molecule has 2 N–H and O–H groups in total. The van der Waals surface area contributed by atoms with Gasteiger partial charge >= 0.3 is 0 Å². The third kappa shape index (κ3) is 4.01. The highest BCUT2D eigenvalue weighted by Crippen LogP contribution is 2.46. The van der Waals surface area contributed by atoms with E-state index in [1.165, 1.54) is 51.4 Å². The van der Waals surface area contributed by atoms with Crippen molar-refractivity contribution >= 4 is 29.9 Å². The summed E-state index contributed by atoms with van der Waals surface area (Å²) in [5.74, 6) is 3.51. The van der Waals surface area contributed by atoms with E-state index < -0.39 is 0 Å². The first-order valence-corrected chi connectivity index (χ1v) is 8.32. The molecule has 20 heavy (non-hydrogen) atoms. The Morgan fingerprint density at radius 3 is 2.35 bits per heavy atom. The zero-order chi connectivity index (χ0) is 13.2. The topological polar surface area (TPSA) is 41.6 Å². The number of rotatable bonds is 2. The summed E-state index contributed by atoms with van der Waals surface area (Å²) >= 11 is 0. The van der Waals surface area contributed by atoms with Crippen molar-refractivity contribution in [2.24, 2.45) is 28.5 Å². The van der Waals surface area contributed by atoms with Gasteiger partial charge in [0.05, 0.1) is 6.04 Å². The van der Waals surface area contributed by atoms with Gasteiger partial charge in [-0.2, -0.15) is 0 Å². The number of hydrogen-bond acceptors (Lipinski definition) is 1. The second kappa shape index (κ2) is 7.32. The summed E-state index contributed by atoms with van der Waals surface area (Å²) in [6.07, 6.45) is 11.1. The van der Waals surface area contributed by atoms with E-state index in [2.05, 4.69) is 11.8 Å². The summed E-state index contributed by atoms with van der Waals surface area (Å²) < 4.78 is 0. The second-order valence-electron chi connectivity index (χ2n) is 7.02. The van der Waals surface area contributed by atoms with Crippen LogP contribution in [0.15, 0.2) is 4.99 Å². The first-order valence-electron chi connectivity index (χ1n) is 8.32. The van der Waals surface area contributed by atoms with Crippen LogP contribution in [0.4, 0.5) is 0 Å². The molecule has 3 aliphatic rings. The molecule has 3 rings (SSSR count). The minimum absolute atomic E-state index is 0.